The molecule has 8 nitrogen and oxygen atoms in total. The summed E-state index contributed by atoms with van der Waals surface area (Å²) in [4.78, 5) is 17.8. The number of nitrogens with zero attached hydrogens (tertiary/aromatic N) is 5. The molecule has 2 heterocycles. The minimum Gasteiger partial charge on any atom is -0.480 e. The van der Waals surface area contributed by atoms with Gasteiger partial charge < -0.3 is 24.6 Å². The molecule has 1 aliphatic rings. The van der Waals surface area contributed by atoms with E-state index in [1.54, 1.807) is 20.4 Å². The summed E-state index contributed by atoms with van der Waals surface area (Å²) < 4.78 is 11.1. The molecule has 9 heteroatoms. The molecule has 0 saturated carbocycles. The molecule has 0 bridgehead atoms. The Bertz CT molecular complexity index is 549. The summed E-state index contributed by atoms with van der Waals surface area (Å²) in [6.45, 7) is 7.59. The van der Waals surface area contributed by atoms with E-state index in [4.69, 9.17) is 9.47 Å². The van der Waals surface area contributed by atoms with Crippen LogP contribution in [0.1, 0.15) is 6.92 Å². The number of guanidine groups is 1. The lowest BCUT2D eigenvalue weighted by atomic mass is 10.3. The fourth-order valence-electron chi connectivity index (χ4n) is 2.43. The van der Waals surface area contributed by atoms with E-state index in [9.17, 15) is 0 Å². The van der Waals surface area contributed by atoms with E-state index < -0.39 is 0 Å². The molecular weight excluding hydrogens is 376 g/mol. The first-order valence-electron chi connectivity index (χ1n) is 8.03. The van der Waals surface area contributed by atoms with Gasteiger partial charge in [-0.2, -0.15) is 4.98 Å². The van der Waals surface area contributed by atoms with Gasteiger partial charge in [-0.15, -0.1) is 0 Å². The Balaban J connectivity index is 1.97. The molecular formula is C15H25BrN6O2. The van der Waals surface area contributed by atoms with Crippen molar-refractivity contribution in [3.05, 3.63) is 10.7 Å². The molecule has 2 rings (SSSR count). The molecule has 0 atom stereocenters. The summed E-state index contributed by atoms with van der Waals surface area (Å²) in [5, 5.41) is 3.34. The van der Waals surface area contributed by atoms with E-state index in [2.05, 4.69) is 52.9 Å². The lowest BCUT2D eigenvalue weighted by Gasteiger charge is -2.36. The van der Waals surface area contributed by atoms with Crippen molar-refractivity contribution in [2.45, 2.75) is 6.92 Å². The van der Waals surface area contributed by atoms with Gasteiger partial charge in [0.15, 0.2) is 5.96 Å². The van der Waals surface area contributed by atoms with Crippen LogP contribution in [-0.4, -0.2) is 80.9 Å². The fraction of sp³-hybridized carbons (Fsp3) is 0.667. The lowest BCUT2D eigenvalue weighted by Crippen LogP contribution is -2.53. The summed E-state index contributed by atoms with van der Waals surface area (Å²) in [5.74, 6) is 2.18. The number of hydrogen-bond acceptors (Lipinski definition) is 6. The lowest BCUT2D eigenvalue weighted by molar-refractivity contribution is 0.207. The second-order valence-electron chi connectivity index (χ2n) is 5.23. The Labute approximate surface area is 151 Å². The van der Waals surface area contributed by atoms with Gasteiger partial charge in [-0.25, -0.2) is 4.98 Å². The van der Waals surface area contributed by atoms with Crippen LogP contribution in [-0.2, 0) is 4.74 Å². The number of hydrogen-bond donors (Lipinski definition) is 1. The molecule has 1 aromatic heterocycles. The van der Waals surface area contributed by atoms with Crippen LogP contribution in [0.5, 0.6) is 5.88 Å². The van der Waals surface area contributed by atoms with Gasteiger partial charge >= 0.3 is 0 Å². The van der Waals surface area contributed by atoms with Crippen LogP contribution in [0.4, 0.5) is 5.95 Å². The summed E-state index contributed by atoms with van der Waals surface area (Å²) in [7, 11) is 3.29. The van der Waals surface area contributed by atoms with Gasteiger partial charge in [0, 0.05) is 39.8 Å². The maximum Gasteiger partial charge on any atom is 0.232 e. The predicted octanol–water partition coefficient (Wildman–Crippen LogP) is 0.982. The van der Waals surface area contributed by atoms with Crippen LogP contribution in [0, 0.1) is 0 Å². The third-order valence-electron chi connectivity index (χ3n) is 3.65. The zero-order valence-electron chi connectivity index (χ0n) is 14.5. The Hall–Kier alpha value is -1.61. The number of aromatic nitrogens is 2. The van der Waals surface area contributed by atoms with Crippen LogP contribution >= 0.6 is 15.9 Å². The molecule has 0 aromatic carbocycles. The van der Waals surface area contributed by atoms with Crippen LogP contribution in [0.15, 0.2) is 15.7 Å². The minimum absolute atomic E-state index is 0.553. The molecule has 0 spiro atoms. The van der Waals surface area contributed by atoms with Gasteiger partial charge in [0.2, 0.25) is 11.8 Å². The van der Waals surface area contributed by atoms with Crippen molar-refractivity contribution in [1.82, 2.24) is 20.2 Å². The van der Waals surface area contributed by atoms with Crippen molar-refractivity contribution < 1.29 is 9.47 Å². The quantitative estimate of drug-likeness (QED) is 0.433. The van der Waals surface area contributed by atoms with E-state index in [-0.39, 0.29) is 0 Å². The summed E-state index contributed by atoms with van der Waals surface area (Å²) in [6, 6.07) is 0. The average Bonchev–Trinajstić information content (AvgIpc) is 2.62. The van der Waals surface area contributed by atoms with Crippen molar-refractivity contribution in [1.29, 1.82) is 0 Å². The summed E-state index contributed by atoms with van der Waals surface area (Å²) >= 11 is 3.38. The fourth-order valence-corrected chi connectivity index (χ4v) is 2.78. The standard InChI is InChI=1S/C15H25BrN6O2/c1-4-17-14(18-5-10-23-2)21-6-8-22(9-7-21)15-19-11-12(16)13(20-15)24-3/h11H,4-10H2,1-3H3,(H,17,18). The van der Waals surface area contributed by atoms with Crippen molar-refractivity contribution in [3.63, 3.8) is 0 Å². The summed E-state index contributed by atoms with van der Waals surface area (Å²) in [5.41, 5.74) is 0. The van der Waals surface area contributed by atoms with Gasteiger partial charge in [-0.3, -0.25) is 4.99 Å². The highest BCUT2D eigenvalue weighted by Crippen LogP contribution is 2.23. The Morgan fingerprint density at radius 1 is 1.33 bits per heavy atom. The monoisotopic (exact) mass is 400 g/mol. The van der Waals surface area contributed by atoms with E-state index in [0.29, 0.717) is 25.0 Å². The van der Waals surface area contributed by atoms with Gasteiger partial charge in [0.05, 0.1) is 30.9 Å². The molecule has 0 aliphatic carbocycles. The molecule has 1 saturated heterocycles. The molecule has 1 N–H and O–H groups in total. The van der Waals surface area contributed by atoms with Crippen LogP contribution in [0.25, 0.3) is 0 Å². The molecule has 0 radical (unpaired) electrons. The van der Waals surface area contributed by atoms with Crippen LogP contribution in [0.2, 0.25) is 0 Å². The summed E-state index contributed by atoms with van der Waals surface area (Å²) in [6.07, 6.45) is 1.73. The van der Waals surface area contributed by atoms with Gasteiger partial charge in [-0.1, -0.05) is 0 Å². The third kappa shape index (κ3) is 4.94. The van der Waals surface area contributed by atoms with Gasteiger partial charge in [0.25, 0.3) is 0 Å². The van der Waals surface area contributed by atoms with E-state index in [1.165, 1.54) is 0 Å². The molecule has 134 valence electrons. The number of rotatable bonds is 6. The van der Waals surface area contributed by atoms with Crippen molar-refractivity contribution in [2.24, 2.45) is 4.99 Å². The first-order valence-corrected chi connectivity index (χ1v) is 8.82. The first-order chi connectivity index (χ1) is 11.7. The number of ether oxygens (including phenoxy) is 2. The molecule has 1 aliphatic heterocycles. The van der Waals surface area contributed by atoms with Gasteiger partial charge in [0.1, 0.15) is 0 Å². The topological polar surface area (TPSA) is 75.1 Å². The smallest absolute Gasteiger partial charge is 0.232 e. The second-order valence-corrected chi connectivity index (χ2v) is 6.08. The molecule has 1 aromatic rings. The van der Waals surface area contributed by atoms with Crippen LogP contribution in [0.3, 0.4) is 0 Å². The van der Waals surface area contributed by atoms with Gasteiger partial charge in [-0.05, 0) is 22.9 Å². The van der Waals surface area contributed by atoms with E-state index in [0.717, 1.165) is 43.2 Å². The average molecular weight is 401 g/mol. The number of aliphatic imine (C=N–C) groups is 1. The maximum atomic E-state index is 5.25. The Morgan fingerprint density at radius 2 is 2.08 bits per heavy atom. The zero-order chi connectivity index (χ0) is 17.4. The molecule has 0 amide bonds. The van der Waals surface area contributed by atoms with E-state index >= 15 is 0 Å². The zero-order valence-corrected chi connectivity index (χ0v) is 16.0. The highest BCUT2D eigenvalue weighted by molar-refractivity contribution is 9.10. The Morgan fingerprint density at radius 3 is 2.71 bits per heavy atom. The number of halogens is 1. The largest absolute Gasteiger partial charge is 0.480 e. The van der Waals surface area contributed by atoms with Crippen LogP contribution < -0.4 is 15.0 Å². The van der Waals surface area contributed by atoms with Crippen molar-refractivity contribution in [3.8, 4) is 5.88 Å². The van der Waals surface area contributed by atoms with Crippen molar-refractivity contribution >= 4 is 27.8 Å². The highest BCUT2D eigenvalue weighted by Gasteiger charge is 2.22. The SMILES string of the molecule is CCNC(=NCCOC)N1CCN(c2ncc(Br)c(OC)n2)CC1. The number of methoxy groups -OCH3 is 2. The van der Waals surface area contributed by atoms with E-state index in [1.807, 2.05) is 0 Å². The number of nitrogens with one attached hydrogen (secondary N) is 1. The van der Waals surface area contributed by atoms with Crippen molar-refractivity contribution in [2.75, 3.05) is 65.0 Å². The highest BCUT2D eigenvalue weighted by atomic mass is 79.9. The Kier molecular flexibility index (Phi) is 7.51. The maximum absolute atomic E-state index is 5.25. The molecule has 0 unspecified atom stereocenters. The first kappa shape index (κ1) is 18.7. The number of anilines is 1. The predicted molar refractivity (Wildman–Crippen MR) is 97.9 cm³/mol. The normalized spacial score (nSPS) is 15.6. The molecule has 1 fully saturated rings. The second kappa shape index (κ2) is 9.63. The minimum atomic E-state index is 0.553. The number of piperazine rings is 1. The molecule has 24 heavy (non-hydrogen) atoms. The third-order valence-corrected chi connectivity index (χ3v) is 4.19.